The van der Waals surface area contributed by atoms with Gasteiger partial charge in [-0.05, 0) is 13.0 Å². The van der Waals surface area contributed by atoms with Gasteiger partial charge in [0, 0.05) is 34.5 Å². The third-order valence-corrected chi connectivity index (χ3v) is 3.31. The van der Waals surface area contributed by atoms with E-state index >= 15 is 0 Å². The fraction of sp³-hybridized carbons (Fsp3) is 0.500. The molecule has 0 saturated carbocycles. The number of carboxylic acid groups (broad SMARTS) is 1. The molecule has 0 aliphatic rings. The Morgan fingerprint density at radius 1 is 1.53 bits per heavy atom. The normalized spacial score (nSPS) is 12.1. The standard InChI is InChI=1S/C10H15N3O3S/c1-3-17(16)5-4-11-10-12-7(2)6-8(13-10)9(14)15/h6H,3-5H2,1-2H3,(H,14,15)(H,11,12,13). The molecule has 1 aromatic rings. The largest absolute Gasteiger partial charge is 0.477 e. The van der Waals surface area contributed by atoms with Crippen LogP contribution in [0.4, 0.5) is 5.95 Å². The summed E-state index contributed by atoms with van der Waals surface area (Å²) in [5.41, 5.74) is 0.535. The highest BCUT2D eigenvalue weighted by Crippen LogP contribution is 2.04. The first-order valence-electron chi connectivity index (χ1n) is 5.20. The van der Waals surface area contributed by atoms with Gasteiger partial charge >= 0.3 is 5.97 Å². The lowest BCUT2D eigenvalue weighted by atomic mass is 10.3. The lowest BCUT2D eigenvalue weighted by Crippen LogP contribution is -2.15. The zero-order valence-corrected chi connectivity index (χ0v) is 10.6. The predicted molar refractivity (Wildman–Crippen MR) is 65.8 cm³/mol. The van der Waals surface area contributed by atoms with Crippen LogP contribution in [0.2, 0.25) is 0 Å². The second kappa shape index (κ2) is 6.29. The zero-order chi connectivity index (χ0) is 12.8. The van der Waals surface area contributed by atoms with Gasteiger partial charge in [0.25, 0.3) is 0 Å². The Hall–Kier alpha value is -1.50. The van der Waals surface area contributed by atoms with E-state index in [0.29, 0.717) is 23.7 Å². The number of hydrogen-bond donors (Lipinski definition) is 2. The van der Waals surface area contributed by atoms with E-state index in [2.05, 4.69) is 15.3 Å². The smallest absolute Gasteiger partial charge is 0.354 e. The first kappa shape index (κ1) is 13.6. The molecule has 1 heterocycles. The number of aryl methyl sites for hydroxylation is 1. The van der Waals surface area contributed by atoms with Crippen molar-refractivity contribution < 1.29 is 14.1 Å². The first-order chi connectivity index (χ1) is 8.02. The Bertz CT molecular complexity index is 437. The summed E-state index contributed by atoms with van der Waals surface area (Å²) in [6.07, 6.45) is 0. The highest BCUT2D eigenvalue weighted by atomic mass is 32.2. The van der Waals surface area contributed by atoms with E-state index in [0.717, 1.165) is 0 Å². The number of hydrogen-bond acceptors (Lipinski definition) is 5. The number of carbonyl (C=O) groups is 1. The van der Waals surface area contributed by atoms with Gasteiger partial charge in [-0.2, -0.15) is 0 Å². The molecule has 6 nitrogen and oxygen atoms in total. The third kappa shape index (κ3) is 4.48. The fourth-order valence-electron chi connectivity index (χ4n) is 1.18. The van der Waals surface area contributed by atoms with Crippen LogP contribution >= 0.6 is 0 Å². The van der Waals surface area contributed by atoms with E-state index in [9.17, 15) is 9.00 Å². The van der Waals surface area contributed by atoms with E-state index in [1.54, 1.807) is 6.92 Å². The Morgan fingerprint density at radius 3 is 2.82 bits per heavy atom. The van der Waals surface area contributed by atoms with Crippen molar-refractivity contribution in [3.05, 3.63) is 17.5 Å². The van der Waals surface area contributed by atoms with Crippen LogP contribution in [-0.2, 0) is 10.8 Å². The quantitative estimate of drug-likeness (QED) is 0.778. The maximum atomic E-state index is 11.2. The van der Waals surface area contributed by atoms with Crippen LogP contribution in [-0.4, -0.2) is 43.3 Å². The van der Waals surface area contributed by atoms with Gasteiger partial charge in [-0.25, -0.2) is 14.8 Å². The molecule has 0 aliphatic carbocycles. The Morgan fingerprint density at radius 2 is 2.24 bits per heavy atom. The van der Waals surface area contributed by atoms with Gasteiger partial charge in [-0.3, -0.25) is 4.21 Å². The average molecular weight is 257 g/mol. The molecule has 0 aliphatic heterocycles. The Kier molecular flexibility index (Phi) is 5.02. The number of nitrogens with one attached hydrogen (secondary N) is 1. The molecule has 94 valence electrons. The van der Waals surface area contributed by atoms with Crippen molar-refractivity contribution in [2.45, 2.75) is 13.8 Å². The molecule has 1 unspecified atom stereocenters. The lowest BCUT2D eigenvalue weighted by molar-refractivity contribution is 0.0690. The summed E-state index contributed by atoms with van der Waals surface area (Å²) in [6, 6.07) is 1.40. The predicted octanol–water partition coefficient (Wildman–Crippen LogP) is 0.664. The molecule has 0 amide bonds. The van der Waals surface area contributed by atoms with Gasteiger partial charge in [0.2, 0.25) is 5.95 Å². The topological polar surface area (TPSA) is 92.2 Å². The molecule has 7 heteroatoms. The number of carboxylic acids is 1. The highest BCUT2D eigenvalue weighted by molar-refractivity contribution is 7.84. The van der Waals surface area contributed by atoms with Crippen molar-refractivity contribution in [1.29, 1.82) is 0 Å². The number of nitrogens with zero attached hydrogens (tertiary/aromatic N) is 2. The molecule has 0 spiro atoms. The summed E-state index contributed by atoms with van der Waals surface area (Å²) >= 11 is 0. The summed E-state index contributed by atoms with van der Waals surface area (Å²) in [7, 11) is -0.855. The van der Waals surface area contributed by atoms with Crippen molar-refractivity contribution in [2.75, 3.05) is 23.4 Å². The van der Waals surface area contributed by atoms with E-state index in [1.807, 2.05) is 6.92 Å². The maximum Gasteiger partial charge on any atom is 0.354 e. The second-order valence-electron chi connectivity index (χ2n) is 3.38. The van der Waals surface area contributed by atoms with Crippen LogP contribution < -0.4 is 5.32 Å². The molecule has 0 fully saturated rings. The highest BCUT2D eigenvalue weighted by Gasteiger charge is 2.08. The molecule has 1 atom stereocenters. The molecule has 2 N–H and O–H groups in total. The van der Waals surface area contributed by atoms with Crippen LogP contribution in [0.25, 0.3) is 0 Å². The molecular weight excluding hydrogens is 242 g/mol. The zero-order valence-electron chi connectivity index (χ0n) is 9.77. The minimum Gasteiger partial charge on any atom is -0.477 e. The van der Waals surface area contributed by atoms with Gasteiger partial charge in [-0.15, -0.1) is 0 Å². The minimum atomic E-state index is -1.09. The second-order valence-corrected chi connectivity index (χ2v) is 5.25. The summed E-state index contributed by atoms with van der Waals surface area (Å²) in [5.74, 6) is 0.277. The fourth-order valence-corrected chi connectivity index (χ4v) is 1.80. The van der Waals surface area contributed by atoms with Gasteiger partial charge in [0.1, 0.15) is 0 Å². The van der Waals surface area contributed by atoms with Gasteiger partial charge in [0.05, 0.1) is 0 Å². The van der Waals surface area contributed by atoms with Crippen molar-refractivity contribution >= 4 is 22.7 Å². The van der Waals surface area contributed by atoms with Gasteiger partial charge in [0.15, 0.2) is 5.69 Å². The van der Waals surface area contributed by atoms with Crippen LogP contribution in [0.1, 0.15) is 23.1 Å². The maximum absolute atomic E-state index is 11.2. The van der Waals surface area contributed by atoms with Crippen molar-refractivity contribution in [1.82, 2.24) is 9.97 Å². The van der Waals surface area contributed by atoms with Crippen molar-refractivity contribution in [2.24, 2.45) is 0 Å². The molecule has 1 rings (SSSR count). The van der Waals surface area contributed by atoms with Crippen molar-refractivity contribution in [3.63, 3.8) is 0 Å². The minimum absolute atomic E-state index is 0.0448. The van der Waals surface area contributed by atoms with Crippen LogP contribution in [0, 0.1) is 6.92 Å². The van der Waals surface area contributed by atoms with Crippen LogP contribution in [0.3, 0.4) is 0 Å². The van der Waals surface area contributed by atoms with E-state index in [1.165, 1.54) is 6.07 Å². The summed E-state index contributed by atoms with van der Waals surface area (Å²) in [6.45, 7) is 4.01. The lowest BCUT2D eigenvalue weighted by Gasteiger charge is -2.05. The van der Waals surface area contributed by atoms with Crippen LogP contribution in [0.15, 0.2) is 6.07 Å². The number of anilines is 1. The van der Waals surface area contributed by atoms with Gasteiger partial charge in [-0.1, -0.05) is 6.92 Å². The monoisotopic (exact) mass is 257 g/mol. The SMILES string of the molecule is CCS(=O)CCNc1nc(C)cc(C(=O)O)n1. The van der Waals surface area contributed by atoms with E-state index in [4.69, 9.17) is 5.11 Å². The molecule has 0 bridgehead atoms. The number of rotatable bonds is 6. The molecular formula is C10H15N3O3S. The number of aromatic carboxylic acids is 1. The summed E-state index contributed by atoms with van der Waals surface area (Å²) < 4.78 is 11.2. The van der Waals surface area contributed by atoms with Crippen molar-refractivity contribution in [3.8, 4) is 0 Å². The molecule has 0 aromatic carbocycles. The van der Waals surface area contributed by atoms with E-state index < -0.39 is 16.8 Å². The Labute approximate surface area is 102 Å². The molecule has 17 heavy (non-hydrogen) atoms. The molecule has 0 saturated heterocycles. The molecule has 1 aromatic heterocycles. The van der Waals surface area contributed by atoms with Gasteiger partial charge < -0.3 is 10.4 Å². The summed E-state index contributed by atoms with van der Waals surface area (Å²) in [4.78, 5) is 18.7. The summed E-state index contributed by atoms with van der Waals surface area (Å²) in [5, 5.41) is 11.7. The van der Waals surface area contributed by atoms with Crippen LogP contribution in [0.5, 0.6) is 0 Å². The van der Waals surface area contributed by atoms with E-state index in [-0.39, 0.29) is 11.6 Å². The first-order valence-corrected chi connectivity index (χ1v) is 6.69. The Balaban J connectivity index is 2.65. The molecule has 0 radical (unpaired) electrons. The number of aromatic nitrogens is 2. The third-order valence-electron chi connectivity index (χ3n) is 2.01. The average Bonchev–Trinajstić information content (AvgIpc) is 2.28.